The molecule has 3 rings (SSSR count). The van der Waals surface area contributed by atoms with Crippen LogP contribution in [0.25, 0.3) is 16.7 Å². The Morgan fingerprint density at radius 1 is 1.16 bits per heavy atom. The maximum absolute atomic E-state index is 6.13. The average molecular weight is 274 g/mol. The predicted molar refractivity (Wildman–Crippen MR) is 77.0 cm³/mol. The first-order valence-electron chi connectivity index (χ1n) is 5.77. The van der Waals surface area contributed by atoms with Crippen molar-refractivity contribution in [3.8, 4) is 11.4 Å². The molecule has 0 aliphatic rings. The number of methoxy groups -OCH3 is 1. The number of nitrogens with two attached hydrogens (primary N) is 1. The van der Waals surface area contributed by atoms with Crippen LogP contribution in [0.5, 0.6) is 5.75 Å². The number of ether oxygens (including phenoxy) is 1. The summed E-state index contributed by atoms with van der Waals surface area (Å²) in [7, 11) is 1.63. The fourth-order valence-corrected chi connectivity index (χ4v) is 2.30. The smallest absolute Gasteiger partial charge is 0.205 e. The van der Waals surface area contributed by atoms with Crippen molar-refractivity contribution in [2.45, 2.75) is 0 Å². The zero-order valence-corrected chi connectivity index (χ0v) is 11.1. The van der Waals surface area contributed by atoms with Crippen molar-refractivity contribution in [2.24, 2.45) is 0 Å². The van der Waals surface area contributed by atoms with Crippen LogP contribution in [-0.4, -0.2) is 16.7 Å². The number of fused-ring (bicyclic) bond motifs is 1. The molecule has 0 aliphatic heterocycles. The lowest BCUT2D eigenvalue weighted by Gasteiger charge is -2.07. The first-order valence-corrected chi connectivity index (χ1v) is 6.15. The lowest BCUT2D eigenvalue weighted by Crippen LogP contribution is -2.00. The van der Waals surface area contributed by atoms with E-state index in [0.29, 0.717) is 16.5 Å². The third kappa shape index (κ3) is 1.90. The molecule has 0 saturated heterocycles. The molecule has 0 aliphatic carbocycles. The minimum Gasteiger partial charge on any atom is -0.497 e. The number of para-hydroxylation sites is 1. The largest absolute Gasteiger partial charge is 0.497 e. The molecule has 0 unspecified atom stereocenters. The van der Waals surface area contributed by atoms with Crippen LogP contribution in [0.3, 0.4) is 0 Å². The molecule has 0 spiro atoms. The number of benzene rings is 2. The Hall–Kier alpha value is -2.20. The summed E-state index contributed by atoms with van der Waals surface area (Å²) in [5, 5.41) is 0.594. The van der Waals surface area contributed by atoms with E-state index in [1.165, 1.54) is 0 Å². The van der Waals surface area contributed by atoms with Crippen LogP contribution >= 0.6 is 11.6 Å². The third-order valence-corrected chi connectivity index (χ3v) is 3.30. The number of hydrogen-bond acceptors (Lipinski definition) is 3. The Bertz CT molecular complexity index is 734. The van der Waals surface area contributed by atoms with Crippen molar-refractivity contribution in [1.82, 2.24) is 9.55 Å². The van der Waals surface area contributed by atoms with E-state index in [9.17, 15) is 0 Å². The molecule has 0 atom stereocenters. The Balaban J connectivity index is 2.23. The number of halogens is 1. The molecule has 5 heteroatoms. The van der Waals surface area contributed by atoms with Gasteiger partial charge in [-0.15, -0.1) is 0 Å². The van der Waals surface area contributed by atoms with Gasteiger partial charge >= 0.3 is 0 Å². The van der Waals surface area contributed by atoms with Gasteiger partial charge in [0.05, 0.1) is 17.6 Å². The fraction of sp³-hybridized carbons (Fsp3) is 0.0714. The van der Waals surface area contributed by atoms with Gasteiger partial charge in [-0.2, -0.15) is 0 Å². The van der Waals surface area contributed by atoms with Crippen molar-refractivity contribution in [2.75, 3.05) is 12.8 Å². The lowest BCUT2D eigenvalue weighted by molar-refractivity contribution is 0.415. The molecule has 0 radical (unpaired) electrons. The first-order chi connectivity index (χ1) is 9.20. The van der Waals surface area contributed by atoms with Gasteiger partial charge in [0, 0.05) is 5.69 Å². The Labute approximate surface area is 115 Å². The second-order valence-corrected chi connectivity index (χ2v) is 4.52. The molecule has 1 heterocycles. The number of imidazole rings is 1. The Morgan fingerprint density at radius 2 is 1.89 bits per heavy atom. The molecular formula is C14H12ClN3O. The number of hydrogen-bond donors (Lipinski definition) is 1. The highest BCUT2D eigenvalue weighted by Crippen LogP contribution is 2.28. The number of rotatable bonds is 2. The van der Waals surface area contributed by atoms with E-state index < -0.39 is 0 Å². The first kappa shape index (κ1) is 11.9. The molecular weight excluding hydrogens is 262 g/mol. The van der Waals surface area contributed by atoms with Gasteiger partial charge < -0.3 is 10.5 Å². The van der Waals surface area contributed by atoms with Crippen molar-refractivity contribution in [3.63, 3.8) is 0 Å². The van der Waals surface area contributed by atoms with Gasteiger partial charge in [0.2, 0.25) is 5.95 Å². The van der Waals surface area contributed by atoms with Gasteiger partial charge in [0.1, 0.15) is 11.3 Å². The molecule has 0 fully saturated rings. The highest BCUT2D eigenvalue weighted by molar-refractivity contribution is 6.35. The van der Waals surface area contributed by atoms with Gasteiger partial charge in [0.25, 0.3) is 0 Å². The SMILES string of the molecule is COc1ccc(-n2c(N)nc3c(Cl)cccc32)cc1. The number of aromatic nitrogens is 2. The molecule has 2 N–H and O–H groups in total. The molecule has 1 aromatic heterocycles. The van der Waals surface area contributed by atoms with Gasteiger partial charge in [0.15, 0.2) is 0 Å². The number of nitrogen functional groups attached to an aromatic ring is 1. The van der Waals surface area contributed by atoms with E-state index >= 15 is 0 Å². The summed E-state index contributed by atoms with van der Waals surface area (Å²) in [5.74, 6) is 1.21. The van der Waals surface area contributed by atoms with Crippen LogP contribution in [0.2, 0.25) is 5.02 Å². The van der Waals surface area contributed by atoms with Crippen LogP contribution < -0.4 is 10.5 Å². The summed E-state index contributed by atoms with van der Waals surface area (Å²) in [6.07, 6.45) is 0. The summed E-state index contributed by atoms with van der Waals surface area (Å²) < 4.78 is 7.01. The monoisotopic (exact) mass is 273 g/mol. The van der Waals surface area contributed by atoms with E-state index in [0.717, 1.165) is 17.0 Å². The normalized spacial score (nSPS) is 10.8. The van der Waals surface area contributed by atoms with E-state index in [1.807, 2.05) is 41.0 Å². The summed E-state index contributed by atoms with van der Waals surface area (Å²) >= 11 is 6.13. The molecule has 3 aromatic rings. The lowest BCUT2D eigenvalue weighted by atomic mass is 10.2. The molecule has 19 heavy (non-hydrogen) atoms. The van der Waals surface area contributed by atoms with E-state index in [-0.39, 0.29) is 0 Å². The Kier molecular flexibility index (Phi) is 2.80. The van der Waals surface area contributed by atoms with Crippen molar-refractivity contribution in [1.29, 1.82) is 0 Å². The second kappa shape index (κ2) is 4.48. The van der Waals surface area contributed by atoms with Gasteiger partial charge in [-0.1, -0.05) is 17.7 Å². The summed E-state index contributed by atoms with van der Waals surface area (Å²) in [6, 6.07) is 13.2. The van der Waals surface area contributed by atoms with Gasteiger partial charge in [-0.25, -0.2) is 4.98 Å². The quantitative estimate of drug-likeness (QED) is 0.780. The Morgan fingerprint density at radius 3 is 2.58 bits per heavy atom. The zero-order valence-electron chi connectivity index (χ0n) is 10.3. The van der Waals surface area contributed by atoms with Crippen molar-refractivity contribution < 1.29 is 4.74 Å². The molecule has 4 nitrogen and oxygen atoms in total. The zero-order chi connectivity index (χ0) is 13.4. The number of nitrogens with zero attached hydrogens (tertiary/aromatic N) is 2. The highest BCUT2D eigenvalue weighted by Gasteiger charge is 2.11. The van der Waals surface area contributed by atoms with Crippen molar-refractivity contribution in [3.05, 3.63) is 47.5 Å². The van der Waals surface area contributed by atoms with Crippen LogP contribution in [0.15, 0.2) is 42.5 Å². The summed E-state index contributed by atoms with van der Waals surface area (Å²) in [5.41, 5.74) is 8.50. The van der Waals surface area contributed by atoms with E-state index in [1.54, 1.807) is 13.2 Å². The second-order valence-electron chi connectivity index (χ2n) is 4.11. The van der Waals surface area contributed by atoms with Crippen LogP contribution in [0.1, 0.15) is 0 Å². The highest BCUT2D eigenvalue weighted by atomic mass is 35.5. The molecule has 96 valence electrons. The summed E-state index contributed by atoms with van der Waals surface area (Å²) in [6.45, 7) is 0. The van der Waals surface area contributed by atoms with Crippen LogP contribution in [0, 0.1) is 0 Å². The minimum atomic E-state index is 0.410. The maximum atomic E-state index is 6.13. The standard InChI is InChI=1S/C14H12ClN3O/c1-19-10-7-5-9(6-8-10)18-12-4-2-3-11(15)13(12)17-14(18)16/h2-8H,1H3,(H2,16,17). The third-order valence-electron chi connectivity index (χ3n) is 2.99. The van der Waals surface area contributed by atoms with Gasteiger partial charge in [-0.3, -0.25) is 4.57 Å². The van der Waals surface area contributed by atoms with Crippen LogP contribution in [0.4, 0.5) is 5.95 Å². The number of anilines is 1. The van der Waals surface area contributed by atoms with E-state index in [4.69, 9.17) is 22.1 Å². The topological polar surface area (TPSA) is 53.1 Å². The van der Waals surface area contributed by atoms with Crippen molar-refractivity contribution >= 4 is 28.6 Å². The summed E-state index contributed by atoms with van der Waals surface area (Å²) in [4.78, 5) is 4.31. The van der Waals surface area contributed by atoms with Crippen LogP contribution in [-0.2, 0) is 0 Å². The molecule has 2 aromatic carbocycles. The minimum absolute atomic E-state index is 0.410. The average Bonchev–Trinajstić information content (AvgIpc) is 2.77. The van der Waals surface area contributed by atoms with Gasteiger partial charge in [-0.05, 0) is 36.4 Å². The fourth-order valence-electron chi connectivity index (χ4n) is 2.09. The molecule has 0 bridgehead atoms. The predicted octanol–water partition coefficient (Wildman–Crippen LogP) is 3.27. The molecule has 0 saturated carbocycles. The molecule has 0 amide bonds. The maximum Gasteiger partial charge on any atom is 0.205 e. The van der Waals surface area contributed by atoms with E-state index in [2.05, 4.69) is 4.98 Å².